The van der Waals surface area contributed by atoms with Crippen molar-refractivity contribution in [3.63, 3.8) is 0 Å². The van der Waals surface area contributed by atoms with Gasteiger partial charge in [-0.3, -0.25) is 14.2 Å². The van der Waals surface area contributed by atoms with Crippen LogP contribution in [0.15, 0.2) is 81.3 Å². The summed E-state index contributed by atoms with van der Waals surface area (Å²) in [6.45, 7) is 0.196. The smallest absolute Gasteiger partial charge is 0.339 e. The molecule has 0 spiro atoms. The quantitative estimate of drug-likeness (QED) is 0.235. The zero-order valence-electron chi connectivity index (χ0n) is 18.1. The maximum Gasteiger partial charge on any atom is 0.339 e. The molecule has 0 saturated carbocycles. The van der Waals surface area contributed by atoms with Crippen molar-refractivity contribution in [2.24, 2.45) is 0 Å². The third kappa shape index (κ3) is 4.68. The summed E-state index contributed by atoms with van der Waals surface area (Å²) >= 11 is 1.15. The van der Waals surface area contributed by atoms with E-state index in [9.17, 15) is 14.4 Å². The highest BCUT2D eigenvalue weighted by Crippen LogP contribution is 2.23. The Labute approximate surface area is 193 Å². The normalized spacial score (nSPS) is 10.8. The Hall–Kier alpha value is -3.85. The third-order valence-electron chi connectivity index (χ3n) is 5.09. The number of furan rings is 1. The zero-order valence-corrected chi connectivity index (χ0v) is 18.9. The lowest BCUT2D eigenvalue weighted by atomic mass is 10.1. The van der Waals surface area contributed by atoms with Gasteiger partial charge in [-0.05, 0) is 36.4 Å². The van der Waals surface area contributed by atoms with Gasteiger partial charge in [0.05, 0.1) is 47.8 Å². The van der Waals surface area contributed by atoms with E-state index in [2.05, 4.69) is 4.98 Å². The van der Waals surface area contributed by atoms with Gasteiger partial charge in [-0.1, -0.05) is 36.0 Å². The van der Waals surface area contributed by atoms with Crippen molar-refractivity contribution in [1.82, 2.24) is 9.55 Å². The summed E-state index contributed by atoms with van der Waals surface area (Å²) in [7, 11) is 2.88. The average Bonchev–Trinajstić information content (AvgIpc) is 3.37. The number of thioether (sulfide) groups is 1. The zero-order chi connectivity index (χ0) is 23.4. The molecule has 0 aliphatic heterocycles. The Balaban J connectivity index is 1.62. The molecule has 0 unspecified atom stereocenters. The number of aromatic nitrogens is 2. The van der Waals surface area contributed by atoms with Gasteiger partial charge in [-0.25, -0.2) is 9.78 Å². The molecule has 4 rings (SSSR count). The van der Waals surface area contributed by atoms with Crippen LogP contribution >= 0.6 is 11.8 Å². The van der Waals surface area contributed by atoms with E-state index in [-0.39, 0.29) is 23.8 Å². The summed E-state index contributed by atoms with van der Waals surface area (Å²) in [6.07, 6.45) is 1.54. The fourth-order valence-corrected chi connectivity index (χ4v) is 4.27. The SMILES string of the molecule is COC(=O)c1ccccc1N(C)C(=O)CSc1nc2ccccc2c(=O)n1Cc1ccco1. The summed E-state index contributed by atoms with van der Waals surface area (Å²) in [5, 5.41) is 0.891. The van der Waals surface area contributed by atoms with E-state index in [1.807, 2.05) is 6.07 Å². The number of carbonyl (C=O) groups is 2. The van der Waals surface area contributed by atoms with Crippen LogP contribution in [0.2, 0.25) is 0 Å². The first-order valence-electron chi connectivity index (χ1n) is 10.1. The van der Waals surface area contributed by atoms with Gasteiger partial charge in [-0.2, -0.15) is 0 Å². The number of fused-ring (bicyclic) bond motifs is 1. The van der Waals surface area contributed by atoms with E-state index in [0.717, 1.165) is 11.8 Å². The summed E-state index contributed by atoms with van der Waals surface area (Å²) in [6, 6.07) is 17.3. The number of hydrogen-bond donors (Lipinski definition) is 0. The molecule has 4 aromatic rings. The molecule has 2 aromatic heterocycles. The summed E-state index contributed by atoms with van der Waals surface area (Å²) in [4.78, 5) is 44.2. The van der Waals surface area contributed by atoms with Gasteiger partial charge in [-0.15, -0.1) is 0 Å². The maximum atomic E-state index is 13.1. The monoisotopic (exact) mass is 463 g/mol. The molecule has 0 saturated heterocycles. The highest BCUT2D eigenvalue weighted by atomic mass is 32.2. The van der Waals surface area contributed by atoms with Crippen LogP contribution in [0.25, 0.3) is 10.9 Å². The van der Waals surface area contributed by atoms with Gasteiger partial charge in [0, 0.05) is 7.05 Å². The van der Waals surface area contributed by atoms with Crippen LogP contribution in [0, 0.1) is 0 Å². The van der Waals surface area contributed by atoms with E-state index in [4.69, 9.17) is 9.15 Å². The van der Waals surface area contributed by atoms with Crippen molar-refractivity contribution >= 4 is 40.2 Å². The molecule has 1 amide bonds. The number of para-hydroxylation sites is 2. The van der Waals surface area contributed by atoms with Crippen molar-refractivity contribution < 1.29 is 18.7 Å². The Morgan fingerprint density at radius 3 is 2.61 bits per heavy atom. The number of hydrogen-bond acceptors (Lipinski definition) is 7. The minimum Gasteiger partial charge on any atom is -0.467 e. The van der Waals surface area contributed by atoms with Gasteiger partial charge in [0.1, 0.15) is 5.76 Å². The molecular formula is C24H21N3O5S. The van der Waals surface area contributed by atoms with Crippen LogP contribution in [0.3, 0.4) is 0 Å². The van der Waals surface area contributed by atoms with E-state index in [0.29, 0.717) is 33.1 Å². The summed E-state index contributed by atoms with van der Waals surface area (Å²) in [5.74, 6) is -0.175. The first-order chi connectivity index (χ1) is 16.0. The van der Waals surface area contributed by atoms with Crippen LogP contribution in [-0.4, -0.2) is 41.3 Å². The summed E-state index contributed by atoms with van der Waals surface area (Å²) in [5.41, 5.74) is 1.07. The Morgan fingerprint density at radius 1 is 1.09 bits per heavy atom. The molecule has 2 heterocycles. The number of anilines is 1. The highest BCUT2D eigenvalue weighted by molar-refractivity contribution is 7.99. The van der Waals surface area contributed by atoms with Gasteiger partial charge >= 0.3 is 5.97 Å². The molecular weight excluding hydrogens is 442 g/mol. The minimum absolute atomic E-state index is 0.00887. The second-order valence-corrected chi connectivity index (χ2v) is 8.07. The fourth-order valence-electron chi connectivity index (χ4n) is 3.36. The molecule has 0 aliphatic carbocycles. The molecule has 0 bridgehead atoms. The predicted octanol–water partition coefficient (Wildman–Crippen LogP) is 3.58. The molecule has 168 valence electrons. The Morgan fingerprint density at radius 2 is 1.85 bits per heavy atom. The van der Waals surface area contributed by atoms with E-state index < -0.39 is 5.97 Å². The van der Waals surface area contributed by atoms with E-state index in [1.54, 1.807) is 67.9 Å². The molecule has 0 atom stereocenters. The van der Waals surface area contributed by atoms with Crippen molar-refractivity contribution in [2.75, 3.05) is 24.8 Å². The number of nitrogens with zero attached hydrogens (tertiary/aromatic N) is 3. The topological polar surface area (TPSA) is 94.6 Å². The fraction of sp³-hybridized carbons (Fsp3) is 0.167. The van der Waals surface area contributed by atoms with Gasteiger partial charge in [0.15, 0.2) is 5.16 Å². The number of ether oxygens (including phenoxy) is 1. The Kier molecular flexibility index (Phi) is 6.60. The van der Waals surface area contributed by atoms with Crippen molar-refractivity contribution in [3.8, 4) is 0 Å². The summed E-state index contributed by atoms with van der Waals surface area (Å²) < 4.78 is 11.7. The van der Waals surface area contributed by atoms with Crippen LogP contribution < -0.4 is 10.5 Å². The molecule has 0 fully saturated rings. The van der Waals surface area contributed by atoms with Crippen molar-refractivity contribution in [2.45, 2.75) is 11.7 Å². The molecule has 2 aromatic carbocycles. The van der Waals surface area contributed by atoms with Crippen molar-refractivity contribution in [1.29, 1.82) is 0 Å². The van der Waals surface area contributed by atoms with Crippen LogP contribution in [0.5, 0.6) is 0 Å². The maximum absolute atomic E-state index is 13.1. The number of carbonyl (C=O) groups excluding carboxylic acids is 2. The highest BCUT2D eigenvalue weighted by Gasteiger charge is 2.20. The lowest BCUT2D eigenvalue weighted by molar-refractivity contribution is -0.115. The second kappa shape index (κ2) is 9.74. The lowest BCUT2D eigenvalue weighted by Crippen LogP contribution is -2.30. The van der Waals surface area contributed by atoms with Gasteiger partial charge < -0.3 is 14.1 Å². The average molecular weight is 464 g/mol. The second-order valence-electron chi connectivity index (χ2n) is 7.13. The largest absolute Gasteiger partial charge is 0.467 e. The van der Waals surface area contributed by atoms with Crippen LogP contribution in [0.1, 0.15) is 16.1 Å². The number of rotatable bonds is 7. The first kappa shape index (κ1) is 22.3. The lowest BCUT2D eigenvalue weighted by Gasteiger charge is -2.20. The van der Waals surface area contributed by atoms with Gasteiger partial charge in [0.2, 0.25) is 5.91 Å². The standard InChI is InChI=1S/C24H21N3O5S/c1-26(20-12-6-4-10-18(20)23(30)31-2)21(28)15-33-24-25-19-11-5-3-9-17(19)22(29)27(24)14-16-8-7-13-32-16/h3-13H,14-15H2,1-2H3. The number of amides is 1. The number of methoxy groups -OCH3 is 1. The van der Waals surface area contributed by atoms with E-state index in [1.165, 1.54) is 16.6 Å². The molecule has 0 radical (unpaired) electrons. The molecule has 9 heteroatoms. The number of benzene rings is 2. The molecule has 0 N–H and O–H groups in total. The minimum atomic E-state index is -0.526. The number of esters is 1. The van der Waals surface area contributed by atoms with E-state index >= 15 is 0 Å². The third-order valence-corrected chi connectivity index (χ3v) is 6.05. The van der Waals surface area contributed by atoms with Crippen LogP contribution in [-0.2, 0) is 16.1 Å². The van der Waals surface area contributed by atoms with Crippen molar-refractivity contribution in [3.05, 3.63) is 88.6 Å². The molecule has 0 aliphatic rings. The predicted molar refractivity (Wildman–Crippen MR) is 126 cm³/mol. The van der Waals surface area contributed by atoms with Gasteiger partial charge in [0.25, 0.3) is 5.56 Å². The molecule has 33 heavy (non-hydrogen) atoms. The first-order valence-corrected chi connectivity index (χ1v) is 11.1. The van der Waals surface area contributed by atoms with Crippen LogP contribution in [0.4, 0.5) is 5.69 Å². The molecule has 8 nitrogen and oxygen atoms in total. The Bertz CT molecular complexity index is 1360.